The lowest BCUT2D eigenvalue weighted by molar-refractivity contribution is -0.137. The molecule has 6 heteroatoms. The third-order valence-electron chi connectivity index (χ3n) is 3.09. The van der Waals surface area contributed by atoms with Crippen molar-refractivity contribution in [1.82, 2.24) is 4.31 Å². The largest absolute Gasteiger partial charge is 0.481 e. The molecule has 1 heterocycles. The molecule has 0 saturated carbocycles. The first kappa shape index (κ1) is 13.0. The van der Waals surface area contributed by atoms with Crippen molar-refractivity contribution in [1.29, 1.82) is 0 Å². The Morgan fingerprint density at radius 3 is 2.61 bits per heavy atom. The van der Waals surface area contributed by atoms with Crippen molar-refractivity contribution in [3.05, 3.63) is 30.3 Å². The van der Waals surface area contributed by atoms with Crippen molar-refractivity contribution in [2.24, 2.45) is 5.92 Å². The van der Waals surface area contributed by atoms with Crippen molar-refractivity contribution in [2.45, 2.75) is 17.7 Å². The number of hydrogen-bond acceptors (Lipinski definition) is 3. The number of benzene rings is 1. The van der Waals surface area contributed by atoms with Gasteiger partial charge in [-0.2, -0.15) is 4.31 Å². The summed E-state index contributed by atoms with van der Waals surface area (Å²) in [6.45, 7) is 0.693. The van der Waals surface area contributed by atoms with Crippen molar-refractivity contribution in [2.75, 3.05) is 13.1 Å². The first-order chi connectivity index (χ1) is 8.50. The smallest absolute Gasteiger partial charge is 0.303 e. The molecule has 1 atom stereocenters. The van der Waals surface area contributed by atoms with Crippen molar-refractivity contribution in [3.63, 3.8) is 0 Å². The molecule has 0 aliphatic carbocycles. The predicted octanol–water partition coefficient (Wildman–Crippen LogP) is 1.17. The summed E-state index contributed by atoms with van der Waals surface area (Å²) < 4.78 is 25.9. The first-order valence-electron chi connectivity index (χ1n) is 5.77. The number of carboxylic acid groups (broad SMARTS) is 1. The minimum Gasteiger partial charge on any atom is -0.481 e. The van der Waals surface area contributed by atoms with Gasteiger partial charge in [0.1, 0.15) is 0 Å². The van der Waals surface area contributed by atoms with Gasteiger partial charge in [-0.15, -0.1) is 0 Å². The number of sulfonamides is 1. The van der Waals surface area contributed by atoms with E-state index in [1.54, 1.807) is 30.3 Å². The van der Waals surface area contributed by atoms with E-state index in [2.05, 4.69) is 0 Å². The van der Waals surface area contributed by atoms with Crippen LogP contribution in [0.3, 0.4) is 0 Å². The highest BCUT2D eigenvalue weighted by atomic mass is 32.2. The average molecular weight is 269 g/mol. The third-order valence-corrected chi connectivity index (χ3v) is 4.97. The minimum absolute atomic E-state index is 0.0286. The second kappa shape index (κ2) is 5.07. The van der Waals surface area contributed by atoms with Gasteiger partial charge in [0.05, 0.1) is 4.90 Å². The van der Waals surface area contributed by atoms with Crippen LogP contribution in [0.15, 0.2) is 35.2 Å². The van der Waals surface area contributed by atoms with E-state index in [-0.39, 0.29) is 17.2 Å². The monoisotopic (exact) mass is 269 g/mol. The maximum Gasteiger partial charge on any atom is 0.303 e. The number of hydrogen-bond donors (Lipinski definition) is 1. The average Bonchev–Trinajstić information content (AvgIpc) is 2.78. The molecule has 0 radical (unpaired) electrons. The van der Waals surface area contributed by atoms with Crippen molar-refractivity contribution >= 4 is 16.0 Å². The van der Waals surface area contributed by atoms with Crippen LogP contribution < -0.4 is 0 Å². The van der Waals surface area contributed by atoms with Crippen LogP contribution in [0.2, 0.25) is 0 Å². The SMILES string of the molecule is O=C(O)CC1CCN(S(=O)(=O)c2ccccc2)C1. The van der Waals surface area contributed by atoms with Crippen LogP contribution in [0.1, 0.15) is 12.8 Å². The molecule has 1 aromatic rings. The van der Waals surface area contributed by atoms with Gasteiger partial charge in [0.2, 0.25) is 10.0 Å². The quantitative estimate of drug-likeness (QED) is 0.890. The van der Waals surface area contributed by atoms with E-state index in [9.17, 15) is 13.2 Å². The van der Waals surface area contributed by atoms with Gasteiger partial charge in [0, 0.05) is 19.5 Å². The van der Waals surface area contributed by atoms with Crippen LogP contribution in [-0.4, -0.2) is 36.9 Å². The Bertz CT molecular complexity index is 526. The molecule has 0 amide bonds. The minimum atomic E-state index is -3.47. The standard InChI is InChI=1S/C12H15NO4S/c14-12(15)8-10-6-7-13(9-10)18(16,17)11-4-2-1-3-5-11/h1-5,10H,6-9H2,(H,14,15). The van der Waals surface area contributed by atoms with Crippen molar-refractivity contribution < 1.29 is 18.3 Å². The topological polar surface area (TPSA) is 74.7 Å². The van der Waals surface area contributed by atoms with Gasteiger partial charge in [-0.25, -0.2) is 8.42 Å². The van der Waals surface area contributed by atoms with Gasteiger partial charge in [-0.05, 0) is 24.5 Å². The van der Waals surface area contributed by atoms with Gasteiger partial charge in [0.25, 0.3) is 0 Å². The van der Waals surface area contributed by atoms with E-state index in [1.165, 1.54) is 4.31 Å². The number of carboxylic acids is 1. The predicted molar refractivity (Wildman–Crippen MR) is 65.6 cm³/mol. The van der Waals surface area contributed by atoms with Crippen LogP contribution in [0.5, 0.6) is 0 Å². The lowest BCUT2D eigenvalue weighted by Gasteiger charge is -2.16. The van der Waals surface area contributed by atoms with Gasteiger partial charge >= 0.3 is 5.97 Å². The fourth-order valence-electron chi connectivity index (χ4n) is 2.17. The summed E-state index contributed by atoms with van der Waals surface area (Å²) in [5, 5.41) is 8.71. The molecule has 1 aliphatic heterocycles. The number of nitrogens with zero attached hydrogens (tertiary/aromatic N) is 1. The van der Waals surface area contributed by atoms with E-state index >= 15 is 0 Å². The molecule has 1 saturated heterocycles. The lowest BCUT2D eigenvalue weighted by Crippen LogP contribution is -2.29. The zero-order valence-corrected chi connectivity index (χ0v) is 10.6. The second-order valence-corrected chi connectivity index (χ2v) is 6.37. The summed E-state index contributed by atoms with van der Waals surface area (Å²) in [4.78, 5) is 10.9. The maximum absolute atomic E-state index is 12.2. The van der Waals surface area contributed by atoms with Crippen LogP contribution >= 0.6 is 0 Å². The Balaban J connectivity index is 2.12. The van der Waals surface area contributed by atoms with Crippen LogP contribution in [-0.2, 0) is 14.8 Å². The normalized spacial score (nSPS) is 21.0. The zero-order valence-electron chi connectivity index (χ0n) is 9.82. The fourth-order valence-corrected chi connectivity index (χ4v) is 3.72. The zero-order chi connectivity index (χ0) is 13.2. The molecule has 0 aromatic heterocycles. The summed E-state index contributed by atoms with van der Waals surface area (Å²) in [7, 11) is -3.47. The molecule has 1 unspecified atom stereocenters. The number of rotatable bonds is 4. The molecular formula is C12H15NO4S. The summed E-state index contributed by atoms with van der Waals surface area (Å²) >= 11 is 0. The highest BCUT2D eigenvalue weighted by Crippen LogP contribution is 2.25. The van der Waals surface area contributed by atoms with Gasteiger partial charge < -0.3 is 5.11 Å². The van der Waals surface area contributed by atoms with Crippen LogP contribution in [0.25, 0.3) is 0 Å². The van der Waals surface area contributed by atoms with Gasteiger partial charge in [-0.1, -0.05) is 18.2 Å². The third kappa shape index (κ3) is 2.70. The van der Waals surface area contributed by atoms with Crippen molar-refractivity contribution in [3.8, 4) is 0 Å². The molecule has 2 rings (SSSR count). The van der Waals surface area contributed by atoms with Gasteiger partial charge in [0.15, 0.2) is 0 Å². The van der Waals surface area contributed by atoms with E-state index < -0.39 is 16.0 Å². The summed E-state index contributed by atoms with van der Waals surface area (Å²) in [5.41, 5.74) is 0. The molecule has 98 valence electrons. The summed E-state index contributed by atoms with van der Waals surface area (Å²) in [6, 6.07) is 8.23. The lowest BCUT2D eigenvalue weighted by atomic mass is 10.1. The highest BCUT2D eigenvalue weighted by Gasteiger charge is 2.33. The Morgan fingerprint density at radius 1 is 1.33 bits per heavy atom. The molecule has 1 fully saturated rings. The Kier molecular flexibility index (Phi) is 3.68. The van der Waals surface area contributed by atoms with Gasteiger partial charge in [-0.3, -0.25) is 4.79 Å². The molecule has 0 spiro atoms. The fraction of sp³-hybridized carbons (Fsp3) is 0.417. The number of aliphatic carboxylic acids is 1. The molecule has 0 bridgehead atoms. The molecule has 1 aliphatic rings. The van der Waals surface area contributed by atoms with E-state index in [4.69, 9.17) is 5.11 Å². The number of carbonyl (C=O) groups is 1. The summed E-state index contributed by atoms with van der Waals surface area (Å²) in [5.74, 6) is -0.958. The highest BCUT2D eigenvalue weighted by molar-refractivity contribution is 7.89. The first-order valence-corrected chi connectivity index (χ1v) is 7.21. The van der Waals surface area contributed by atoms with Crippen LogP contribution in [0.4, 0.5) is 0 Å². The second-order valence-electron chi connectivity index (χ2n) is 4.43. The molecule has 18 heavy (non-hydrogen) atoms. The molecule has 1 aromatic carbocycles. The maximum atomic E-state index is 12.2. The van der Waals surface area contributed by atoms with E-state index in [1.807, 2.05) is 0 Å². The Labute approximate surface area is 106 Å². The molecule has 1 N–H and O–H groups in total. The van der Waals surface area contributed by atoms with E-state index in [0.29, 0.717) is 19.5 Å². The Hall–Kier alpha value is -1.40. The van der Waals surface area contributed by atoms with E-state index in [0.717, 1.165) is 0 Å². The molecule has 5 nitrogen and oxygen atoms in total. The molecular weight excluding hydrogens is 254 g/mol. The van der Waals surface area contributed by atoms with Crippen LogP contribution in [0, 0.1) is 5.92 Å². The summed E-state index contributed by atoms with van der Waals surface area (Å²) in [6.07, 6.45) is 0.638. The Morgan fingerprint density at radius 2 is 2.00 bits per heavy atom.